The van der Waals surface area contributed by atoms with Gasteiger partial charge in [-0.1, -0.05) is 49.4 Å². The fraction of sp³-hybridized carbons (Fsp3) is 0.143. The Labute approximate surface area is 84.3 Å². The maximum Gasteiger partial charge on any atom is -0.0000942 e. The molecule has 1 atom stereocenters. The van der Waals surface area contributed by atoms with Gasteiger partial charge in [0.15, 0.2) is 0 Å². The molecule has 0 heterocycles. The van der Waals surface area contributed by atoms with Crippen molar-refractivity contribution in [3.05, 3.63) is 59.2 Å². The molecule has 68 valence electrons. The van der Waals surface area contributed by atoms with Gasteiger partial charge < -0.3 is 0 Å². The highest BCUT2D eigenvalue weighted by Gasteiger charge is 2.22. The minimum atomic E-state index is 0.558. The lowest BCUT2D eigenvalue weighted by molar-refractivity contribution is 0.902. The standard InChI is InChI=1S/C14H12/c1-10-5-4-8-13-12-7-3-2-6-11(12)9-14(10)13/h2-10H,1H3. The van der Waals surface area contributed by atoms with Crippen molar-refractivity contribution in [2.75, 3.05) is 0 Å². The zero-order valence-electron chi connectivity index (χ0n) is 8.20. The lowest BCUT2D eigenvalue weighted by Crippen LogP contribution is -1.98. The zero-order valence-corrected chi connectivity index (χ0v) is 8.20. The minimum absolute atomic E-state index is 0.558. The van der Waals surface area contributed by atoms with Crippen molar-refractivity contribution in [3.8, 4) is 0 Å². The quantitative estimate of drug-likeness (QED) is 0.571. The predicted molar refractivity (Wildman–Crippen MR) is 60.7 cm³/mol. The maximum absolute atomic E-state index is 2.31. The average molecular weight is 180 g/mol. The van der Waals surface area contributed by atoms with Crippen LogP contribution in [0.1, 0.15) is 18.1 Å². The van der Waals surface area contributed by atoms with Crippen LogP contribution in [-0.4, -0.2) is 0 Å². The molecular weight excluding hydrogens is 168 g/mol. The highest BCUT2D eigenvalue weighted by atomic mass is 14.3. The van der Waals surface area contributed by atoms with Gasteiger partial charge in [0.25, 0.3) is 0 Å². The molecule has 0 saturated heterocycles. The number of rotatable bonds is 0. The third kappa shape index (κ3) is 0.941. The van der Waals surface area contributed by atoms with Crippen LogP contribution in [0, 0.1) is 5.92 Å². The van der Waals surface area contributed by atoms with Gasteiger partial charge in [-0.2, -0.15) is 0 Å². The second-order valence-corrected chi connectivity index (χ2v) is 3.94. The first-order chi connectivity index (χ1) is 6.86. The molecule has 2 aliphatic rings. The van der Waals surface area contributed by atoms with Crippen LogP contribution in [0.25, 0.3) is 11.6 Å². The third-order valence-electron chi connectivity index (χ3n) is 3.03. The summed E-state index contributed by atoms with van der Waals surface area (Å²) in [6.07, 6.45) is 8.95. The largest absolute Gasteiger partial charge is 0.0772 e. The van der Waals surface area contributed by atoms with Gasteiger partial charge >= 0.3 is 0 Å². The number of hydrogen-bond acceptors (Lipinski definition) is 0. The summed E-state index contributed by atoms with van der Waals surface area (Å²) in [6.45, 7) is 2.25. The maximum atomic E-state index is 2.31. The highest BCUT2D eigenvalue weighted by molar-refractivity contribution is 5.96. The van der Waals surface area contributed by atoms with Crippen molar-refractivity contribution in [2.24, 2.45) is 5.92 Å². The molecule has 0 heteroatoms. The summed E-state index contributed by atoms with van der Waals surface area (Å²) >= 11 is 0. The Balaban J connectivity index is 2.24. The molecule has 1 aromatic rings. The molecule has 3 rings (SSSR count). The number of allylic oxidation sites excluding steroid dienone is 5. The Bertz CT molecular complexity index is 473. The van der Waals surface area contributed by atoms with Gasteiger partial charge in [-0.15, -0.1) is 0 Å². The molecule has 1 aromatic carbocycles. The Morgan fingerprint density at radius 3 is 2.93 bits per heavy atom. The van der Waals surface area contributed by atoms with Crippen LogP contribution >= 0.6 is 0 Å². The minimum Gasteiger partial charge on any atom is -0.0772 e. The van der Waals surface area contributed by atoms with E-state index in [1.54, 1.807) is 0 Å². The Morgan fingerprint density at radius 2 is 2.00 bits per heavy atom. The Kier molecular flexibility index (Phi) is 1.51. The first-order valence-electron chi connectivity index (χ1n) is 5.06. The van der Waals surface area contributed by atoms with E-state index in [0.717, 1.165) is 0 Å². The second kappa shape index (κ2) is 2.71. The van der Waals surface area contributed by atoms with Gasteiger partial charge in [0.2, 0.25) is 0 Å². The van der Waals surface area contributed by atoms with E-state index in [4.69, 9.17) is 0 Å². The smallest absolute Gasteiger partial charge is 0.0000942 e. The lowest BCUT2D eigenvalue weighted by Gasteiger charge is -2.14. The van der Waals surface area contributed by atoms with Crippen LogP contribution in [0.5, 0.6) is 0 Å². The third-order valence-corrected chi connectivity index (χ3v) is 3.03. The highest BCUT2D eigenvalue weighted by Crippen LogP contribution is 2.41. The molecule has 0 nitrogen and oxygen atoms in total. The monoisotopic (exact) mass is 180 g/mol. The molecule has 0 saturated carbocycles. The van der Waals surface area contributed by atoms with Crippen LogP contribution in [-0.2, 0) is 0 Å². The average Bonchev–Trinajstić information content (AvgIpc) is 2.59. The number of fused-ring (bicyclic) bond motifs is 3. The first kappa shape index (κ1) is 7.81. The summed E-state index contributed by atoms with van der Waals surface area (Å²) in [4.78, 5) is 0. The van der Waals surface area contributed by atoms with Crippen LogP contribution in [0.4, 0.5) is 0 Å². The molecule has 0 radical (unpaired) electrons. The summed E-state index contributed by atoms with van der Waals surface area (Å²) < 4.78 is 0. The van der Waals surface area contributed by atoms with Crippen molar-refractivity contribution in [2.45, 2.75) is 6.92 Å². The normalized spacial score (nSPS) is 22.5. The molecular formula is C14H12. The Morgan fingerprint density at radius 1 is 1.14 bits per heavy atom. The fourth-order valence-electron chi connectivity index (χ4n) is 2.25. The van der Waals surface area contributed by atoms with Crippen molar-refractivity contribution in [1.82, 2.24) is 0 Å². The van der Waals surface area contributed by atoms with E-state index in [0.29, 0.717) is 5.92 Å². The zero-order chi connectivity index (χ0) is 9.54. The molecule has 14 heavy (non-hydrogen) atoms. The molecule has 0 N–H and O–H groups in total. The second-order valence-electron chi connectivity index (χ2n) is 3.94. The fourth-order valence-corrected chi connectivity index (χ4v) is 2.25. The SMILES string of the molecule is CC1C=CC=C2C1=Cc1ccccc12. The van der Waals surface area contributed by atoms with Crippen molar-refractivity contribution in [1.29, 1.82) is 0 Å². The summed E-state index contributed by atoms with van der Waals surface area (Å²) in [6, 6.07) is 8.61. The van der Waals surface area contributed by atoms with Gasteiger partial charge in [-0.3, -0.25) is 0 Å². The van der Waals surface area contributed by atoms with Crippen LogP contribution in [0.3, 0.4) is 0 Å². The van der Waals surface area contributed by atoms with Crippen molar-refractivity contribution in [3.63, 3.8) is 0 Å². The van der Waals surface area contributed by atoms with Gasteiger partial charge in [-0.25, -0.2) is 0 Å². The van der Waals surface area contributed by atoms with E-state index in [-0.39, 0.29) is 0 Å². The van der Waals surface area contributed by atoms with Crippen molar-refractivity contribution < 1.29 is 0 Å². The van der Waals surface area contributed by atoms with Gasteiger partial charge in [0.1, 0.15) is 0 Å². The first-order valence-corrected chi connectivity index (χ1v) is 5.06. The van der Waals surface area contributed by atoms with E-state index in [2.05, 4.69) is 55.5 Å². The summed E-state index contributed by atoms with van der Waals surface area (Å²) in [5.41, 5.74) is 5.63. The van der Waals surface area contributed by atoms with E-state index in [9.17, 15) is 0 Å². The number of benzene rings is 1. The van der Waals surface area contributed by atoms with Crippen LogP contribution in [0.2, 0.25) is 0 Å². The van der Waals surface area contributed by atoms with E-state index in [1.807, 2.05) is 0 Å². The van der Waals surface area contributed by atoms with E-state index in [1.165, 1.54) is 22.3 Å². The molecule has 0 aromatic heterocycles. The predicted octanol–water partition coefficient (Wildman–Crippen LogP) is 3.67. The lowest BCUT2D eigenvalue weighted by atomic mass is 9.90. The van der Waals surface area contributed by atoms with Gasteiger partial charge in [0.05, 0.1) is 0 Å². The van der Waals surface area contributed by atoms with Crippen molar-refractivity contribution >= 4 is 11.6 Å². The summed E-state index contributed by atoms with van der Waals surface area (Å²) in [7, 11) is 0. The molecule has 0 aliphatic heterocycles. The molecule has 0 spiro atoms. The summed E-state index contributed by atoms with van der Waals surface area (Å²) in [5.74, 6) is 0.558. The molecule has 1 unspecified atom stereocenters. The Hall–Kier alpha value is -1.56. The van der Waals surface area contributed by atoms with E-state index >= 15 is 0 Å². The molecule has 0 bridgehead atoms. The summed E-state index contributed by atoms with van der Waals surface area (Å²) in [5, 5.41) is 0. The molecule has 0 amide bonds. The van der Waals surface area contributed by atoms with Gasteiger partial charge in [-0.05, 0) is 34.3 Å². The topological polar surface area (TPSA) is 0 Å². The van der Waals surface area contributed by atoms with Crippen LogP contribution < -0.4 is 0 Å². The van der Waals surface area contributed by atoms with E-state index < -0.39 is 0 Å². The number of hydrogen-bond donors (Lipinski definition) is 0. The molecule has 0 fully saturated rings. The van der Waals surface area contributed by atoms with Gasteiger partial charge in [0, 0.05) is 0 Å². The molecule has 2 aliphatic carbocycles. The van der Waals surface area contributed by atoms with Crippen LogP contribution in [0.15, 0.2) is 48.1 Å².